The number of ether oxygens (including phenoxy) is 1. The third-order valence-electron chi connectivity index (χ3n) is 11.7. The Labute approximate surface area is 313 Å². The molecule has 13 rings (SSSR count). The monoisotopic (exact) mass is 700 g/mol. The van der Waals surface area contributed by atoms with Gasteiger partial charge in [-0.25, -0.2) is 9.97 Å². The molecule has 12 aromatic rings. The van der Waals surface area contributed by atoms with Gasteiger partial charge in [0.25, 0.3) is 0 Å². The lowest BCUT2D eigenvalue weighted by Crippen LogP contribution is -2.07. The van der Waals surface area contributed by atoms with E-state index in [1.807, 2.05) is 24.3 Å². The van der Waals surface area contributed by atoms with Crippen molar-refractivity contribution in [1.82, 2.24) is 19.1 Å². The first-order valence-corrected chi connectivity index (χ1v) is 18.7. The lowest BCUT2D eigenvalue weighted by Gasteiger charge is -2.21. The van der Waals surface area contributed by atoms with Gasteiger partial charge in [-0.1, -0.05) is 121 Å². The first kappa shape index (κ1) is 29.0. The second-order valence-corrected chi connectivity index (χ2v) is 14.5. The van der Waals surface area contributed by atoms with Gasteiger partial charge in [-0.05, 0) is 80.8 Å². The molecule has 0 atom stereocenters. The maximum atomic E-state index is 6.42. The van der Waals surface area contributed by atoms with Crippen LogP contribution in [0.1, 0.15) is 0 Å². The standard InChI is InChI=1S/C50H28N4O/c1-2-15-31(16-3-1)53-38-27-25-29-13-4-6-17-32(29)42(38)44-34-19-8-9-20-35(34)45-43-33-18-7-5-14-30(33)26-28-39(43)54(49(45)48(44)53)50-51-37-22-12-24-41-46(37)47(52-50)36-21-10-11-23-40(36)55-41/h1-28H. The summed E-state index contributed by atoms with van der Waals surface area (Å²) in [5, 5.41) is 13.0. The highest BCUT2D eigenvalue weighted by atomic mass is 16.5. The van der Waals surface area contributed by atoms with Crippen molar-refractivity contribution in [3.05, 3.63) is 170 Å². The molecule has 4 heterocycles. The van der Waals surface area contributed by atoms with Crippen molar-refractivity contribution < 1.29 is 4.74 Å². The number of benzene rings is 9. The van der Waals surface area contributed by atoms with Crippen molar-refractivity contribution in [2.45, 2.75) is 0 Å². The van der Waals surface area contributed by atoms with E-state index in [0.717, 1.165) is 61.4 Å². The minimum atomic E-state index is 0.623. The van der Waals surface area contributed by atoms with E-state index in [1.165, 1.54) is 53.9 Å². The van der Waals surface area contributed by atoms with E-state index in [9.17, 15) is 0 Å². The average molecular weight is 701 g/mol. The summed E-state index contributed by atoms with van der Waals surface area (Å²) in [5.74, 6) is 2.19. The highest BCUT2D eigenvalue weighted by Gasteiger charge is 2.29. The van der Waals surface area contributed by atoms with Crippen LogP contribution in [0, 0.1) is 0 Å². The molecule has 0 saturated carbocycles. The normalized spacial score (nSPS) is 12.5. The van der Waals surface area contributed by atoms with Crippen molar-refractivity contribution in [1.29, 1.82) is 0 Å². The van der Waals surface area contributed by atoms with E-state index >= 15 is 0 Å². The molecule has 0 N–H and O–H groups in total. The largest absolute Gasteiger partial charge is 0.456 e. The predicted octanol–water partition coefficient (Wildman–Crippen LogP) is 13.1. The molecule has 254 valence electrons. The molecule has 0 radical (unpaired) electrons. The van der Waals surface area contributed by atoms with Crippen LogP contribution in [0.4, 0.5) is 0 Å². The second-order valence-electron chi connectivity index (χ2n) is 14.5. The number of aromatic nitrogens is 4. The molecule has 0 saturated heterocycles. The Balaban J connectivity index is 1.35. The van der Waals surface area contributed by atoms with Crippen molar-refractivity contribution in [3.63, 3.8) is 0 Å². The quantitative estimate of drug-likeness (QED) is 0.180. The molecule has 0 fully saturated rings. The van der Waals surface area contributed by atoms with Gasteiger partial charge >= 0.3 is 0 Å². The van der Waals surface area contributed by atoms with Gasteiger partial charge < -0.3 is 9.30 Å². The molecule has 0 amide bonds. The van der Waals surface area contributed by atoms with Gasteiger partial charge in [0.15, 0.2) is 0 Å². The van der Waals surface area contributed by atoms with Gasteiger partial charge in [0, 0.05) is 32.8 Å². The van der Waals surface area contributed by atoms with Crippen molar-refractivity contribution >= 4 is 86.8 Å². The Kier molecular flexibility index (Phi) is 5.57. The molecule has 0 unspecified atom stereocenters. The zero-order chi connectivity index (χ0) is 35.8. The molecule has 1 aliphatic rings. The molecule has 5 heteroatoms. The highest BCUT2D eigenvalue weighted by Crippen LogP contribution is 2.50. The Morgan fingerprint density at radius 2 is 0.945 bits per heavy atom. The van der Waals surface area contributed by atoms with Gasteiger partial charge in [0.2, 0.25) is 5.95 Å². The van der Waals surface area contributed by atoms with Crippen LogP contribution in [0.3, 0.4) is 0 Å². The Morgan fingerprint density at radius 3 is 1.65 bits per heavy atom. The maximum Gasteiger partial charge on any atom is 0.235 e. The maximum absolute atomic E-state index is 6.42. The van der Waals surface area contributed by atoms with Crippen molar-refractivity contribution in [2.24, 2.45) is 0 Å². The minimum Gasteiger partial charge on any atom is -0.456 e. The molecule has 0 aliphatic carbocycles. The predicted molar refractivity (Wildman–Crippen MR) is 226 cm³/mol. The highest BCUT2D eigenvalue weighted by molar-refractivity contribution is 6.40. The van der Waals surface area contributed by atoms with Gasteiger partial charge in [-0.15, -0.1) is 0 Å². The summed E-state index contributed by atoms with van der Waals surface area (Å²) in [6, 6.07) is 60.6. The van der Waals surface area contributed by atoms with Crippen LogP contribution in [0.5, 0.6) is 11.5 Å². The molecular formula is C50H28N4O. The summed E-state index contributed by atoms with van der Waals surface area (Å²) >= 11 is 0. The van der Waals surface area contributed by atoms with Crippen LogP contribution < -0.4 is 4.74 Å². The van der Waals surface area contributed by atoms with Gasteiger partial charge in [-0.2, -0.15) is 0 Å². The molecule has 1 aliphatic heterocycles. The molecule has 0 bridgehead atoms. The third-order valence-corrected chi connectivity index (χ3v) is 11.7. The summed E-state index contributed by atoms with van der Waals surface area (Å²) in [4.78, 5) is 11.0. The summed E-state index contributed by atoms with van der Waals surface area (Å²) in [6.45, 7) is 0. The van der Waals surface area contributed by atoms with Crippen LogP contribution in [-0.4, -0.2) is 19.1 Å². The van der Waals surface area contributed by atoms with Gasteiger partial charge in [0.1, 0.15) is 11.5 Å². The van der Waals surface area contributed by atoms with Crippen LogP contribution in [0.15, 0.2) is 170 Å². The van der Waals surface area contributed by atoms with Crippen LogP contribution >= 0.6 is 0 Å². The third kappa shape index (κ3) is 3.76. The molecule has 3 aromatic heterocycles. The number of rotatable bonds is 2. The zero-order valence-corrected chi connectivity index (χ0v) is 29.4. The molecule has 55 heavy (non-hydrogen) atoms. The molecule has 9 aromatic carbocycles. The number of nitrogens with zero attached hydrogens (tertiary/aromatic N) is 4. The van der Waals surface area contributed by atoms with Gasteiger partial charge in [-0.3, -0.25) is 4.57 Å². The zero-order valence-electron chi connectivity index (χ0n) is 29.4. The second kappa shape index (κ2) is 10.6. The molecule has 0 spiro atoms. The van der Waals surface area contributed by atoms with E-state index in [4.69, 9.17) is 14.7 Å². The Bertz CT molecular complexity index is 3630. The van der Waals surface area contributed by atoms with E-state index in [-0.39, 0.29) is 0 Å². The number of hydrogen-bond donors (Lipinski definition) is 0. The number of hydrogen-bond acceptors (Lipinski definition) is 3. The lowest BCUT2D eigenvalue weighted by molar-refractivity contribution is 0.486. The number of para-hydroxylation sites is 2. The van der Waals surface area contributed by atoms with Crippen LogP contribution in [0.2, 0.25) is 0 Å². The number of fused-ring (bicyclic) bond motifs is 16. The molecule has 5 nitrogen and oxygen atoms in total. The summed E-state index contributed by atoms with van der Waals surface area (Å²) in [5.41, 5.74) is 8.19. The SMILES string of the molecule is c1ccc(-n2c3ccc4ccccc4c3c3c4ccccc4c4c5c6ccccc6ccc5n(-c5nc6c7c(cccc7n5)Oc5ccccc5-6)c4c32)cc1. The minimum absolute atomic E-state index is 0.623. The van der Waals surface area contributed by atoms with E-state index < -0.39 is 0 Å². The Morgan fingerprint density at radius 1 is 0.382 bits per heavy atom. The fourth-order valence-corrected chi connectivity index (χ4v) is 9.45. The first-order chi connectivity index (χ1) is 27.3. The summed E-state index contributed by atoms with van der Waals surface area (Å²) in [6.07, 6.45) is 0. The Hall–Kier alpha value is -7.50. The fourth-order valence-electron chi connectivity index (χ4n) is 9.45. The van der Waals surface area contributed by atoms with E-state index in [2.05, 4.69) is 155 Å². The molecular weight excluding hydrogens is 673 g/mol. The topological polar surface area (TPSA) is 44.9 Å². The van der Waals surface area contributed by atoms with Crippen LogP contribution in [0.25, 0.3) is 110 Å². The first-order valence-electron chi connectivity index (χ1n) is 18.7. The average Bonchev–Trinajstić information content (AvgIpc) is 3.79. The van der Waals surface area contributed by atoms with Gasteiger partial charge in [0.05, 0.1) is 38.7 Å². The van der Waals surface area contributed by atoms with Crippen molar-refractivity contribution in [2.75, 3.05) is 0 Å². The smallest absolute Gasteiger partial charge is 0.235 e. The fraction of sp³-hybridized carbons (Fsp3) is 0. The summed E-state index contributed by atoms with van der Waals surface area (Å²) < 4.78 is 11.2. The van der Waals surface area contributed by atoms with Crippen molar-refractivity contribution in [3.8, 4) is 34.4 Å². The lowest BCUT2D eigenvalue weighted by atomic mass is 9.95. The van der Waals surface area contributed by atoms with Crippen LogP contribution in [-0.2, 0) is 0 Å². The van der Waals surface area contributed by atoms with E-state index in [1.54, 1.807) is 0 Å². The summed E-state index contributed by atoms with van der Waals surface area (Å²) in [7, 11) is 0. The van der Waals surface area contributed by atoms with E-state index in [0.29, 0.717) is 5.95 Å².